The zero-order chi connectivity index (χ0) is 13.6. The normalized spacial score (nSPS) is 13.9. The van der Waals surface area contributed by atoms with Crippen molar-refractivity contribution in [2.45, 2.75) is 25.1 Å². The van der Waals surface area contributed by atoms with E-state index in [4.69, 9.17) is 5.73 Å². The van der Waals surface area contributed by atoms with Gasteiger partial charge in [-0.25, -0.2) is 0 Å². The first-order valence-corrected chi connectivity index (χ1v) is 5.94. The summed E-state index contributed by atoms with van der Waals surface area (Å²) in [6, 6.07) is 9.46. The zero-order valence-electron chi connectivity index (χ0n) is 10.5. The number of alkyl halides is 3. The summed E-state index contributed by atoms with van der Waals surface area (Å²) in [7, 11) is 1.68. The monoisotopic (exact) mass is 260 g/mol. The first kappa shape index (κ1) is 15.0. The van der Waals surface area contributed by atoms with Gasteiger partial charge in [0.25, 0.3) is 0 Å². The average Bonchev–Trinajstić information content (AvgIpc) is 2.33. The Labute approximate surface area is 106 Å². The lowest BCUT2D eigenvalue weighted by Gasteiger charge is -2.20. The predicted octanol–water partition coefficient (Wildman–Crippen LogP) is 2.96. The molecule has 0 aliphatic carbocycles. The van der Waals surface area contributed by atoms with Crippen molar-refractivity contribution in [1.82, 2.24) is 4.90 Å². The molecule has 2 N–H and O–H groups in total. The minimum absolute atomic E-state index is 0.0189. The highest BCUT2D eigenvalue weighted by Crippen LogP contribution is 2.20. The Balaban J connectivity index is 2.28. The molecule has 0 aliphatic rings. The standard InChI is InChI=1S/C13H19F3N2/c1-18(10-8-13(14,15)16)9-7-12(17)11-5-3-2-4-6-11/h2-6,12H,7-10,17H2,1H3. The van der Waals surface area contributed by atoms with Crippen LogP contribution in [-0.2, 0) is 0 Å². The van der Waals surface area contributed by atoms with E-state index in [2.05, 4.69) is 0 Å². The highest BCUT2D eigenvalue weighted by atomic mass is 19.4. The summed E-state index contributed by atoms with van der Waals surface area (Å²) in [5.74, 6) is 0. The molecule has 102 valence electrons. The Morgan fingerprint density at radius 1 is 1.17 bits per heavy atom. The quantitative estimate of drug-likeness (QED) is 0.852. The molecule has 1 aromatic carbocycles. The molecule has 0 bridgehead atoms. The number of nitrogens with two attached hydrogens (primary N) is 1. The van der Waals surface area contributed by atoms with Gasteiger partial charge in [0, 0.05) is 12.6 Å². The van der Waals surface area contributed by atoms with Crippen LogP contribution in [0, 0.1) is 0 Å². The van der Waals surface area contributed by atoms with E-state index >= 15 is 0 Å². The van der Waals surface area contributed by atoms with Crippen LogP contribution < -0.4 is 5.73 Å². The van der Waals surface area contributed by atoms with Gasteiger partial charge in [0.15, 0.2) is 0 Å². The second kappa shape index (κ2) is 6.75. The predicted molar refractivity (Wildman–Crippen MR) is 66.2 cm³/mol. The lowest BCUT2D eigenvalue weighted by molar-refractivity contribution is -0.137. The first-order valence-electron chi connectivity index (χ1n) is 5.94. The molecule has 1 rings (SSSR count). The van der Waals surface area contributed by atoms with Gasteiger partial charge in [0.05, 0.1) is 6.42 Å². The Bertz CT molecular complexity index is 338. The van der Waals surface area contributed by atoms with Crippen LogP contribution in [0.25, 0.3) is 0 Å². The summed E-state index contributed by atoms with van der Waals surface area (Å²) in [5, 5.41) is 0. The van der Waals surface area contributed by atoms with Gasteiger partial charge >= 0.3 is 6.18 Å². The number of nitrogens with zero attached hydrogens (tertiary/aromatic N) is 1. The molecule has 2 nitrogen and oxygen atoms in total. The van der Waals surface area contributed by atoms with Crippen LogP contribution in [0.5, 0.6) is 0 Å². The molecule has 0 saturated heterocycles. The van der Waals surface area contributed by atoms with E-state index in [0.29, 0.717) is 13.0 Å². The Morgan fingerprint density at radius 2 is 1.78 bits per heavy atom. The minimum atomic E-state index is -4.09. The van der Waals surface area contributed by atoms with Crippen molar-refractivity contribution < 1.29 is 13.2 Å². The van der Waals surface area contributed by atoms with Crippen LogP contribution in [0.4, 0.5) is 13.2 Å². The van der Waals surface area contributed by atoms with Gasteiger partial charge in [-0.2, -0.15) is 13.2 Å². The van der Waals surface area contributed by atoms with Crippen LogP contribution in [0.2, 0.25) is 0 Å². The Morgan fingerprint density at radius 3 is 2.33 bits per heavy atom. The highest BCUT2D eigenvalue weighted by molar-refractivity contribution is 5.18. The van der Waals surface area contributed by atoms with Crippen molar-refractivity contribution in [3.8, 4) is 0 Å². The van der Waals surface area contributed by atoms with Crippen molar-refractivity contribution in [2.24, 2.45) is 5.73 Å². The Kier molecular flexibility index (Phi) is 5.62. The fourth-order valence-corrected chi connectivity index (χ4v) is 1.66. The maximum Gasteiger partial charge on any atom is 0.390 e. The van der Waals surface area contributed by atoms with Crippen molar-refractivity contribution in [1.29, 1.82) is 0 Å². The number of hydrogen-bond acceptors (Lipinski definition) is 2. The van der Waals surface area contributed by atoms with Crippen molar-refractivity contribution in [3.63, 3.8) is 0 Å². The lowest BCUT2D eigenvalue weighted by atomic mass is 10.0. The highest BCUT2D eigenvalue weighted by Gasteiger charge is 2.27. The summed E-state index contributed by atoms with van der Waals surface area (Å²) < 4.78 is 36.1. The van der Waals surface area contributed by atoms with E-state index in [9.17, 15) is 13.2 Å². The smallest absolute Gasteiger partial charge is 0.324 e. The van der Waals surface area contributed by atoms with Gasteiger partial charge in [0.2, 0.25) is 0 Å². The number of halogens is 3. The van der Waals surface area contributed by atoms with Crippen molar-refractivity contribution in [3.05, 3.63) is 35.9 Å². The topological polar surface area (TPSA) is 29.3 Å². The van der Waals surface area contributed by atoms with Gasteiger partial charge in [-0.15, -0.1) is 0 Å². The van der Waals surface area contributed by atoms with Crippen molar-refractivity contribution in [2.75, 3.05) is 20.1 Å². The molecule has 0 heterocycles. The molecule has 0 fully saturated rings. The molecule has 1 aromatic rings. The van der Waals surface area contributed by atoms with E-state index in [0.717, 1.165) is 5.56 Å². The van der Waals surface area contributed by atoms with Crippen LogP contribution in [0.1, 0.15) is 24.4 Å². The molecule has 1 unspecified atom stereocenters. The van der Waals surface area contributed by atoms with E-state index in [1.165, 1.54) is 0 Å². The molecular weight excluding hydrogens is 241 g/mol. The summed E-state index contributed by atoms with van der Waals surface area (Å²) in [4.78, 5) is 1.66. The maximum atomic E-state index is 12.0. The molecule has 0 saturated carbocycles. The molecule has 0 amide bonds. The molecule has 0 spiro atoms. The summed E-state index contributed by atoms with van der Waals surface area (Å²) in [5.41, 5.74) is 6.99. The molecule has 0 aromatic heterocycles. The number of rotatable bonds is 6. The minimum Gasteiger partial charge on any atom is -0.324 e. The fraction of sp³-hybridized carbons (Fsp3) is 0.538. The fourth-order valence-electron chi connectivity index (χ4n) is 1.66. The van der Waals surface area contributed by atoms with E-state index in [1.54, 1.807) is 11.9 Å². The van der Waals surface area contributed by atoms with E-state index < -0.39 is 12.6 Å². The average molecular weight is 260 g/mol. The third-order valence-electron chi connectivity index (χ3n) is 2.83. The van der Waals surface area contributed by atoms with Crippen LogP contribution >= 0.6 is 0 Å². The zero-order valence-corrected chi connectivity index (χ0v) is 10.5. The van der Waals surface area contributed by atoms with Gasteiger partial charge in [-0.3, -0.25) is 0 Å². The Hall–Kier alpha value is -1.07. The van der Waals surface area contributed by atoms with Gasteiger partial charge in [-0.05, 0) is 25.6 Å². The summed E-state index contributed by atoms with van der Waals surface area (Å²) in [6.45, 7) is 0.581. The van der Waals surface area contributed by atoms with E-state index in [1.807, 2.05) is 30.3 Å². The largest absolute Gasteiger partial charge is 0.390 e. The molecular formula is C13H19F3N2. The van der Waals surface area contributed by atoms with Crippen LogP contribution in [0.3, 0.4) is 0 Å². The second-order valence-electron chi connectivity index (χ2n) is 4.47. The number of hydrogen-bond donors (Lipinski definition) is 1. The molecule has 18 heavy (non-hydrogen) atoms. The van der Waals surface area contributed by atoms with Crippen LogP contribution in [0.15, 0.2) is 30.3 Å². The van der Waals surface area contributed by atoms with Gasteiger partial charge in [-0.1, -0.05) is 30.3 Å². The SMILES string of the molecule is CN(CCC(N)c1ccccc1)CCC(F)(F)F. The van der Waals surface area contributed by atoms with Gasteiger partial charge in [0.1, 0.15) is 0 Å². The van der Waals surface area contributed by atoms with E-state index in [-0.39, 0.29) is 12.6 Å². The molecule has 5 heteroatoms. The summed E-state index contributed by atoms with van der Waals surface area (Å²) >= 11 is 0. The van der Waals surface area contributed by atoms with Crippen molar-refractivity contribution >= 4 is 0 Å². The lowest BCUT2D eigenvalue weighted by Crippen LogP contribution is -2.27. The number of benzene rings is 1. The maximum absolute atomic E-state index is 12.0. The molecule has 0 radical (unpaired) electrons. The molecule has 0 aliphatic heterocycles. The van der Waals surface area contributed by atoms with Crippen LogP contribution in [-0.4, -0.2) is 31.2 Å². The third kappa shape index (κ3) is 6.02. The first-order chi connectivity index (χ1) is 8.38. The van der Waals surface area contributed by atoms with Gasteiger partial charge < -0.3 is 10.6 Å². The molecule has 1 atom stereocenters. The second-order valence-corrected chi connectivity index (χ2v) is 4.47. The summed E-state index contributed by atoms with van der Waals surface area (Å²) in [6.07, 6.45) is -4.21. The third-order valence-corrected chi connectivity index (χ3v) is 2.83.